The molecule has 0 aromatic heterocycles. The van der Waals surface area contributed by atoms with Gasteiger partial charge in [-0.05, 0) is 60.7 Å². The number of unbranched alkanes of at least 4 members (excludes halogenated alkanes) is 6. The Bertz CT molecular complexity index is 732. The second-order valence-corrected chi connectivity index (χ2v) is 7.64. The van der Waals surface area contributed by atoms with E-state index < -0.39 is 0 Å². The Kier molecular flexibility index (Phi) is 11.4. The predicted molar refractivity (Wildman–Crippen MR) is 125 cm³/mol. The number of hydrogen-bond acceptors (Lipinski definition) is 3. The molecule has 3 heteroatoms. The van der Waals surface area contributed by atoms with E-state index in [9.17, 15) is 4.79 Å². The normalized spacial score (nSPS) is 10.6. The van der Waals surface area contributed by atoms with Crippen LogP contribution in [0, 0.1) is 0 Å². The summed E-state index contributed by atoms with van der Waals surface area (Å²) < 4.78 is 11.6. The third-order valence-electron chi connectivity index (χ3n) is 5.12. The van der Waals surface area contributed by atoms with E-state index in [1.165, 1.54) is 38.2 Å². The maximum Gasteiger partial charge on any atom is 0.155 e. The van der Waals surface area contributed by atoms with Crippen molar-refractivity contribution >= 4 is 5.78 Å². The minimum absolute atomic E-state index is 0.0955. The molecule has 0 spiro atoms. The van der Waals surface area contributed by atoms with Gasteiger partial charge in [0, 0.05) is 6.42 Å². The van der Waals surface area contributed by atoms with Crippen LogP contribution in [0.25, 0.3) is 11.1 Å². The number of ether oxygens (including phenoxy) is 2. The second kappa shape index (κ2) is 14.4. The van der Waals surface area contributed by atoms with Gasteiger partial charge in [-0.2, -0.15) is 0 Å². The van der Waals surface area contributed by atoms with E-state index in [0.29, 0.717) is 13.0 Å². The Hall–Kier alpha value is -2.55. The highest BCUT2D eigenvalue weighted by molar-refractivity contribution is 5.88. The lowest BCUT2D eigenvalue weighted by Crippen LogP contribution is -1.99. The Balaban J connectivity index is 1.69. The zero-order valence-corrected chi connectivity index (χ0v) is 18.4. The highest BCUT2D eigenvalue weighted by Crippen LogP contribution is 2.25. The number of benzene rings is 2. The molecule has 2 aromatic carbocycles. The Labute approximate surface area is 182 Å². The molecule has 0 unspecified atom stereocenters. The van der Waals surface area contributed by atoms with Gasteiger partial charge in [0.2, 0.25) is 0 Å². The van der Waals surface area contributed by atoms with Gasteiger partial charge >= 0.3 is 0 Å². The summed E-state index contributed by atoms with van der Waals surface area (Å²) in [6.45, 7) is 7.14. The number of ketones is 1. The topological polar surface area (TPSA) is 35.5 Å². The van der Waals surface area contributed by atoms with Gasteiger partial charge < -0.3 is 9.47 Å². The monoisotopic (exact) mass is 408 g/mol. The van der Waals surface area contributed by atoms with Gasteiger partial charge in [0.1, 0.15) is 11.5 Å². The molecule has 0 atom stereocenters. The van der Waals surface area contributed by atoms with Gasteiger partial charge in [-0.1, -0.05) is 69.9 Å². The van der Waals surface area contributed by atoms with Crippen molar-refractivity contribution in [1.29, 1.82) is 0 Å². The van der Waals surface area contributed by atoms with Crippen LogP contribution in [0.3, 0.4) is 0 Å². The molecule has 0 saturated heterocycles. The van der Waals surface area contributed by atoms with Crippen LogP contribution < -0.4 is 9.47 Å². The number of allylic oxidation sites excluding steroid dienone is 1. The Morgan fingerprint density at radius 1 is 0.733 bits per heavy atom. The molecular formula is C27H36O3. The maximum atomic E-state index is 11.2. The lowest BCUT2D eigenvalue weighted by molar-refractivity contribution is -0.114. The first-order valence-corrected chi connectivity index (χ1v) is 11.3. The van der Waals surface area contributed by atoms with Crippen molar-refractivity contribution < 1.29 is 14.3 Å². The van der Waals surface area contributed by atoms with Crippen LogP contribution in [0.4, 0.5) is 0 Å². The molecule has 162 valence electrons. The summed E-state index contributed by atoms with van der Waals surface area (Å²) in [4.78, 5) is 11.2. The van der Waals surface area contributed by atoms with Crippen LogP contribution >= 0.6 is 0 Å². The fraction of sp³-hybridized carbons (Fsp3) is 0.444. The van der Waals surface area contributed by atoms with Crippen LogP contribution in [0.5, 0.6) is 11.5 Å². The summed E-state index contributed by atoms with van der Waals surface area (Å²) in [6, 6.07) is 16.4. The first kappa shape index (κ1) is 23.7. The molecule has 30 heavy (non-hydrogen) atoms. The van der Waals surface area contributed by atoms with Crippen LogP contribution in [0.1, 0.15) is 64.7 Å². The largest absolute Gasteiger partial charge is 0.494 e. The van der Waals surface area contributed by atoms with Crippen LogP contribution in [0.2, 0.25) is 0 Å². The van der Waals surface area contributed by atoms with E-state index in [-0.39, 0.29) is 5.78 Å². The lowest BCUT2D eigenvalue weighted by atomic mass is 10.1. The molecule has 0 bridgehead atoms. The molecule has 0 amide bonds. The molecule has 0 radical (unpaired) electrons. The highest BCUT2D eigenvalue weighted by atomic mass is 16.5. The van der Waals surface area contributed by atoms with Crippen molar-refractivity contribution in [2.24, 2.45) is 0 Å². The van der Waals surface area contributed by atoms with Crippen LogP contribution in [-0.4, -0.2) is 19.0 Å². The molecule has 0 N–H and O–H groups in total. The molecule has 0 aliphatic heterocycles. The quantitative estimate of drug-likeness (QED) is 0.214. The first-order valence-electron chi connectivity index (χ1n) is 11.3. The van der Waals surface area contributed by atoms with Crippen molar-refractivity contribution in [1.82, 2.24) is 0 Å². The van der Waals surface area contributed by atoms with Gasteiger partial charge in [-0.25, -0.2) is 0 Å². The SMILES string of the molecule is C=CC(=O)CCCCOc1ccc(-c2ccc(OCCCCCCCC)cc2)cc1. The van der Waals surface area contributed by atoms with Crippen LogP contribution in [0.15, 0.2) is 61.2 Å². The zero-order valence-electron chi connectivity index (χ0n) is 18.4. The van der Waals surface area contributed by atoms with Gasteiger partial charge in [-0.3, -0.25) is 4.79 Å². The number of carbonyl (C=O) groups excluding carboxylic acids is 1. The summed E-state index contributed by atoms with van der Waals surface area (Å²) >= 11 is 0. The van der Waals surface area contributed by atoms with Crippen molar-refractivity contribution in [3.8, 4) is 22.6 Å². The summed E-state index contributed by atoms with van der Waals surface area (Å²) in [5, 5.41) is 0. The van der Waals surface area contributed by atoms with E-state index in [0.717, 1.165) is 48.5 Å². The minimum atomic E-state index is 0.0955. The maximum absolute atomic E-state index is 11.2. The standard InChI is InChI=1S/C27H36O3/c1-3-5-6-7-8-10-21-29-26-17-13-23(14-18-26)24-15-19-27(20-16-24)30-22-11-9-12-25(28)4-2/h4,13-20H,2-3,5-12,21-22H2,1H3. The molecular weight excluding hydrogens is 372 g/mol. The summed E-state index contributed by atoms with van der Waals surface area (Å²) in [5.41, 5.74) is 2.32. The average molecular weight is 409 g/mol. The summed E-state index contributed by atoms with van der Waals surface area (Å²) in [6.07, 6.45) is 11.3. The van der Waals surface area contributed by atoms with Gasteiger partial charge in [0.25, 0.3) is 0 Å². The molecule has 0 aliphatic carbocycles. The number of hydrogen-bond donors (Lipinski definition) is 0. The molecule has 2 rings (SSSR count). The van der Waals surface area contributed by atoms with Crippen molar-refractivity contribution in [2.75, 3.05) is 13.2 Å². The summed E-state index contributed by atoms with van der Waals surface area (Å²) in [7, 11) is 0. The Morgan fingerprint density at radius 3 is 1.70 bits per heavy atom. The number of rotatable bonds is 16. The molecule has 0 aliphatic rings. The molecule has 2 aromatic rings. The highest BCUT2D eigenvalue weighted by Gasteiger charge is 2.01. The second-order valence-electron chi connectivity index (χ2n) is 7.64. The van der Waals surface area contributed by atoms with E-state index in [2.05, 4.69) is 37.8 Å². The summed E-state index contributed by atoms with van der Waals surface area (Å²) in [5.74, 6) is 1.88. The lowest BCUT2D eigenvalue weighted by Gasteiger charge is -2.09. The van der Waals surface area contributed by atoms with Gasteiger partial charge in [-0.15, -0.1) is 0 Å². The van der Waals surface area contributed by atoms with E-state index >= 15 is 0 Å². The molecule has 3 nitrogen and oxygen atoms in total. The third-order valence-corrected chi connectivity index (χ3v) is 5.12. The predicted octanol–water partition coefficient (Wildman–Crippen LogP) is 7.40. The molecule has 0 saturated carbocycles. The van der Waals surface area contributed by atoms with Crippen LogP contribution in [-0.2, 0) is 4.79 Å². The van der Waals surface area contributed by atoms with Crippen molar-refractivity contribution in [3.63, 3.8) is 0 Å². The zero-order chi connectivity index (χ0) is 21.4. The average Bonchev–Trinajstić information content (AvgIpc) is 2.79. The first-order chi connectivity index (χ1) is 14.7. The fourth-order valence-electron chi connectivity index (χ4n) is 3.25. The Morgan fingerprint density at radius 2 is 1.20 bits per heavy atom. The fourth-order valence-corrected chi connectivity index (χ4v) is 3.25. The smallest absolute Gasteiger partial charge is 0.155 e. The molecule has 0 fully saturated rings. The van der Waals surface area contributed by atoms with E-state index in [4.69, 9.17) is 9.47 Å². The van der Waals surface area contributed by atoms with Crippen molar-refractivity contribution in [3.05, 3.63) is 61.2 Å². The van der Waals surface area contributed by atoms with Gasteiger partial charge in [0.05, 0.1) is 13.2 Å². The van der Waals surface area contributed by atoms with Crippen molar-refractivity contribution in [2.45, 2.75) is 64.7 Å². The van der Waals surface area contributed by atoms with E-state index in [1.807, 2.05) is 24.3 Å². The molecule has 0 heterocycles. The minimum Gasteiger partial charge on any atom is -0.494 e. The van der Waals surface area contributed by atoms with E-state index in [1.54, 1.807) is 0 Å². The number of carbonyl (C=O) groups is 1. The third kappa shape index (κ3) is 9.30. The van der Waals surface area contributed by atoms with Gasteiger partial charge in [0.15, 0.2) is 5.78 Å².